The molecule has 1 aliphatic heterocycles. The van der Waals surface area contributed by atoms with Gasteiger partial charge in [-0.15, -0.1) is 0 Å². The van der Waals surface area contributed by atoms with Crippen molar-refractivity contribution in [3.8, 4) is 0 Å². The molecule has 0 spiro atoms. The molecular formula is C23H38O9. The Hall–Kier alpha value is -1.71. The third-order valence-corrected chi connectivity index (χ3v) is 6.25. The molecule has 0 aromatic carbocycles. The first-order valence-corrected chi connectivity index (χ1v) is 11.6. The number of esters is 3. The molecule has 2 aliphatic rings. The van der Waals surface area contributed by atoms with Crippen LogP contribution in [0.15, 0.2) is 0 Å². The molecule has 2 rings (SSSR count). The van der Waals surface area contributed by atoms with Gasteiger partial charge in [-0.25, -0.2) is 0 Å². The van der Waals surface area contributed by atoms with Gasteiger partial charge in [-0.1, -0.05) is 0 Å². The third kappa shape index (κ3) is 8.67. The minimum atomic E-state index is -0.384. The number of carbonyl (C=O) groups is 3. The molecule has 9 heteroatoms. The van der Waals surface area contributed by atoms with Crippen molar-refractivity contribution in [2.24, 2.45) is 11.8 Å². The number of aliphatic hydroxyl groups is 1. The van der Waals surface area contributed by atoms with Gasteiger partial charge in [-0.2, -0.15) is 0 Å². The number of hydrogen-bond acceptors (Lipinski definition) is 9. The molecule has 0 aromatic heterocycles. The highest BCUT2D eigenvalue weighted by molar-refractivity contribution is 5.69. The zero-order valence-electron chi connectivity index (χ0n) is 19.5. The van der Waals surface area contributed by atoms with E-state index < -0.39 is 0 Å². The van der Waals surface area contributed by atoms with E-state index in [4.69, 9.17) is 18.9 Å². The molecule has 0 bridgehead atoms. The average Bonchev–Trinajstić information content (AvgIpc) is 3.06. The van der Waals surface area contributed by atoms with Gasteiger partial charge >= 0.3 is 17.9 Å². The summed E-state index contributed by atoms with van der Waals surface area (Å²) < 4.78 is 27.5. The highest BCUT2D eigenvalue weighted by Gasteiger charge is 2.46. The Morgan fingerprint density at radius 1 is 1.06 bits per heavy atom. The number of carbonyl (C=O) groups excluding carboxylic acids is 3. The number of methoxy groups -OCH3 is 1. The molecule has 2 fully saturated rings. The molecule has 6 atom stereocenters. The number of ether oxygens (including phenoxy) is 5. The predicted molar refractivity (Wildman–Crippen MR) is 113 cm³/mol. The van der Waals surface area contributed by atoms with Crippen molar-refractivity contribution in [2.75, 3.05) is 20.3 Å². The predicted octanol–water partition coefficient (Wildman–Crippen LogP) is 2.51. The van der Waals surface area contributed by atoms with Gasteiger partial charge in [0.05, 0.1) is 13.2 Å². The van der Waals surface area contributed by atoms with E-state index in [1.54, 1.807) is 0 Å². The fourth-order valence-electron chi connectivity index (χ4n) is 4.75. The van der Waals surface area contributed by atoms with Crippen molar-refractivity contribution in [3.63, 3.8) is 0 Å². The van der Waals surface area contributed by atoms with Crippen molar-refractivity contribution >= 4 is 17.9 Å². The van der Waals surface area contributed by atoms with Gasteiger partial charge in [0.1, 0.15) is 12.2 Å². The zero-order chi connectivity index (χ0) is 23.5. The van der Waals surface area contributed by atoms with Crippen LogP contribution in [0.2, 0.25) is 0 Å². The fourth-order valence-corrected chi connectivity index (χ4v) is 4.75. The first-order valence-electron chi connectivity index (χ1n) is 11.6. The molecule has 1 saturated carbocycles. The minimum Gasteiger partial charge on any atom is -0.469 e. The van der Waals surface area contributed by atoms with Crippen LogP contribution in [-0.4, -0.2) is 67.9 Å². The number of rotatable bonds is 12. The van der Waals surface area contributed by atoms with E-state index in [2.05, 4.69) is 4.74 Å². The van der Waals surface area contributed by atoms with E-state index in [1.807, 2.05) is 0 Å². The molecule has 1 heterocycles. The van der Waals surface area contributed by atoms with Crippen LogP contribution in [-0.2, 0) is 38.1 Å². The lowest BCUT2D eigenvalue weighted by atomic mass is 9.88. The lowest BCUT2D eigenvalue weighted by Crippen LogP contribution is -2.33. The molecule has 2 unspecified atom stereocenters. The summed E-state index contributed by atoms with van der Waals surface area (Å²) in [7, 11) is 1.34. The van der Waals surface area contributed by atoms with Gasteiger partial charge in [0.2, 0.25) is 0 Å². The first-order chi connectivity index (χ1) is 15.3. The van der Waals surface area contributed by atoms with Crippen LogP contribution in [0, 0.1) is 11.8 Å². The Morgan fingerprint density at radius 3 is 2.44 bits per heavy atom. The smallest absolute Gasteiger partial charge is 0.305 e. The van der Waals surface area contributed by atoms with Crippen molar-refractivity contribution in [1.82, 2.24) is 0 Å². The van der Waals surface area contributed by atoms with E-state index >= 15 is 0 Å². The second-order valence-corrected chi connectivity index (χ2v) is 8.64. The van der Waals surface area contributed by atoms with Crippen LogP contribution in [0.3, 0.4) is 0 Å². The van der Waals surface area contributed by atoms with Crippen molar-refractivity contribution in [3.05, 3.63) is 0 Å². The highest BCUT2D eigenvalue weighted by Crippen LogP contribution is 2.41. The summed E-state index contributed by atoms with van der Waals surface area (Å²) >= 11 is 0. The molecule has 0 radical (unpaired) electrons. The van der Waals surface area contributed by atoms with Crippen LogP contribution in [0.4, 0.5) is 0 Å². The monoisotopic (exact) mass is 458 g/mol. The normalized spacial score (nSPS) is 28.7. The van der Waals surface area contributed by atoms with Gasteiger partial charge in [0.15, 0.2) is 6.29 Å². The van der Waals surface area contributed by atoms with E-state index in [0.717, 1.165) is 19.3 Å². The molecule has 0 aromatic rings. The van der Waals surface area contributed by atoms with Gasteiger partial charge in [0, 0.05) is 51.7 Å². The van der Waals surface area contributed by atoms with Gasteiger partial charge < -0.3 is 28.8 Å². The number of hydrogen-bond donors (Lipinski definition) is 1. The van der Waals surface area contributed by atoms with E-state index in [9.17, 15) is 19.5 Å². The third-order valence-electron chi connectivity index (χ3n) is 6.25. The Morgan fingerprint density at radius 2 is 1.84 bits per heavy atom. The Labute approximate surface area is 190 Å². The zero-order valence-corrected chi connectivity index (χ0v) is 19.5. The van der Waals surface area contributed by atoms with E-state index in [1.165, 1.54) is 21.0 Å². The minimum absolute atomic E-state index is 0.0968. The van der Waals surface area contributed by atoms with Crippen LogP contribution in [0.5, 0.6) is 0 Å². The molecule has 32 heavy (non-hydrogen) atoms. The lowest BCUT2D eigenvalue weighted by molar-refractivity contribution is -0.198. The van der Waals surface area contributed by atoms with Gasteiger partial charge in [-0.3, -0.25) is 14.4 Å². The summed E-state index contributed by atoms with van der Waals surface area (Å²) in [6, 6.07) is 0. The standard InChI is InChI=1S/C23H38O9/c1-15(25)30-17(7-6-8-22(27)28-3)10-11-18-19(14-24)21(13-20(18)31-16(2)26)32-23-9-4-5-12-29-23/h17-21,23-24H,4-14H2,1-3H3/t17?,18-,19-,20+,21-,23?/m0/s1. The highest BCUT2D eigenvalue weighted by atomic mass is 16.7. The quantitative estimate of drug-likeness (QED) is 0.348. The molecular weight excluding hydrogens is 420 g/mol. The summed E-state index contributed by atoms with van der Waals surface area (Å²) in [6.07, 6.45) is 4.48. The summed E-state index contributed by atoms with van der Waals surface area (Å²) in [4.78, 5) is 34.6. The van der Waals surface area contributed by atoms with Gasteiger partial charge in [0.25, 0.3) is 0 Å². The molecule has 1 N–H and O–H groups in total. The summed E-state index contributed by atoms with van der Waals surface area (Å²) in [5.41, 5.74) is 0. The topological polar surface area (TPSA) is 118 Å². The van der Waals surface area contributed by atoms with Crippen molar-refractivity contribution < 1.29 is 43.2 Å². The maximum atomic E-state index is 11.7. The molecule has 0 amide bonds. The Kier molecular flexibility index (Phi) is 11.4. The Balaban J connectivity index is 2.01. The average molecular weight is 459 g/mol. The largest absolute Gasteiger partial charge is 0.469 e. The summed E-state index contributed by atoms with van der Waals surface area (Å²) in [6.45, 7) is 3.29. The molecule has 1 aliphatic carbocycles. The van der Waals surface area contributed by atoms with Crippen molar-refractivity contribution in [2.45, 2.75) is 96.2 Å². The van der Waals surface area contributed by atoms with E-state index in [-0.39, 0.29) is 67.4 Å². The van der Waals surface area contributed by atoms with E-state index in [0.29, 0.717) is 38.7 Å². The summed E-state index contributed by atoms with van der Waals surface area (Å²) in [5, 5.41) is 10.1. The maximum Gasteiger partial charge on any atom is 0.305 e. The number of aliphatic hydroxyl groups excluding tert-OH is 1. The second-order valence-electron chi connectivity index (χ2n) is 8.64. The molecule has 184 valence electrons. The summed E-state index contributed by atoms with van der Waals surface area (Å²) in [5.74, 6) is -1.40. The van der Waals surface area contributed by atoms with Crippen LogP contribution >= 0.6 is 0 Å². The van der Waals surface area contributed by atoms with Gasteiger partial charge in [-0.05, 0) is 44.9 Å². The second kappa shape index (κ2) is 13.7. The fraction of sp³-hybridized carbons (Fsp3) is 0.870. The Bertz CT molecular complexity index is 602. The molecule has 1 saturated heterocycles. The molecule has 9 nitrogen and oxygen atoms in total. The maximum absolute atomic E-state index is 11.7. The van der Waals surface area contributed by atoms with Crippen LogP contribution in [0.1, 0.15) is 71.6 Å². The lowest BCUT2D eigenvalue weighted by Gasteiger charge is -2.30. The van der Waals surface area contributed by atoms with Crippen LogP contribution in [0.25, 0.3) is 0 Å². The van der Waals surface area contributed by atoms with Crippen LogP contribution < -0.4 is 0 Å². The SMILES string of the molecule is COC(=O)CCCC(CC[C@H]1[C@H](CO)[C@@H](OC2CCCCO2)C[C@H]1OC(C)=O)OC(C)=O. The van der Waals surface area contributed by atoms with Crippen molar-refractivity contribution in [1.29, 1.82) is 0 Å². The first kappa shape index (κ1) is 26.5.